The molecule has 0 spiro atoms. The summed E-state index contributed by atoms with van der Waals surface area (Å²) >= 11 is 0. The lowest BCUT2D eigenvalue weighted by Crippen LogP contribution is -2.40. The van der Waals surface area contributed by atoms with Crippen molar-refractivity contribution in [2.75, 3.05) is 26.2 Å². The van der Waals surface area contributed by atoms with Crippen LogP contribution in [0, 0.1) is 5.92 Å². The van der Waals surface area contributed by atoms with Gasteiger partial charge in [0, 0.05) is 45.1 Å². The number of aromatic nitrogens is 2. The van der Waals surface area contributed by atoms with E-state index in [2.05, 4.69) is 15.3 Å². The summed E-state index contributed by atoms with van der Waals surface area (Å²) in [6.45, 7) is 6.28. The summed E-state index contributed by atoms with van der Waals surface area (Å²) in [7, 11) is 0. The maximum Gasteiger partial charge on any atom is 0.274 e. The molecule has 2 heterocycles. The van der Waals surface area contributed by atoms with Crippen LogP contribution in [0.5, 0.6) is 0 Å². The lowest BCUT2D eigenvalue weighted by atomic mass is 10.2. The maximum atomic E-state index is 12.6. The lowest BCUT2D eigenvalue weighted by Gasteiger charge is -2.25. The number of nitrogens with zero attached hydrogens (tertiary/aromatic N) is 3. The molecule has 1 aromatic heterocycles. The third-order valence-corrected chi connectivity index (χ3v) is 3.83. The van der Waals surface area contributed by atoms with Gasteiger partial charge in [0.25, 0.3) is 5.91 Å². The topological polar surface area (TPSA) is 84.4 Å². The van der Waals surface area contributed by atoms with Crippen LogP contribution in [0.25, 0.3) is 0 Å². The average Bonchev–Trinajstić information content (AvgIpc) is 3.10. The summed E-state index contributed by atoms with van der Waals surface area (Å²) in [5, 5.41) is 2.87. The molecule has 0 unspecified atom stereocenters. The van der Waals surface area contributed by atoms with Crippen molar-refractivity contribution in [1.82, 2.24) is 20.2 Å². The zero-order valence-corrected chi connectivity index (χ0v) is 14.4. The number of hydrogen-bond acceptors (Lipinski definition) is 5. The van der Waals surface area contributed by atoms with E-state index >= 15 is 0 Å². The first-order valence-electron chi connectivity index (χ1n) is 8.50. The summed E-state index contributed by atoms with van der Waals surface area (Å²) in [6, 6.07) is 0. The largest absolute Gasteiger partial charge is 0.376 e. The molecular weight excluding hydrogens is 308 g/mol. The molecule has 1 aromatic rings. The van der Waals surface area contributed by atoms with Gasteiger partial charge in [-0.1, -0.05) is 13.8 Å². The number of hydrogen-bond donors (Lipinski definition) is 1. The normalized spacial score (nSPS) is 17.0. The minimum absolute atomic E-state index is 0.0318. The van der Waals surface area contributed by atoms with Crippen molar-refractivity contribution >= 4 is 11.8 Å². The first-order chi connectivity index (χ1) is 11.6. The van der Waals surface area contributed by atoms with Crippen LogP contribution in [0.4, 0.5) is 0 Å². The van der Waals surface area contributed by atoms with Gasteiger partial charge in [0.1, 0.15) is 5.69 Å². The van der Waals surface area contributed by atoms with Crippen LogP contribution in [0.2, 0.25) is 0 Å². The van der Waals surface area contributed by atoms with Crippen LogP contribution in [0.1, 0.15) is 43.6 Å². The Morgan fingerprint density at radius 1 is 1.42 bits per heavy atom. The first-order valence-corrected chi connectivity index (χ1v) is 8.50. The predicted octanol–water partition coefficient (Wildman–Crippen LogP) is 1.26. The molecule has 1 saturated heterocycles. The fraction of sp³-hybridized carbons (Fsp3) is 0.647. The van der Waals surface area contributed by atoms with Crippen molar-refractivity contribution in [2.24, 2.45) is 5.92 Å². The van der Waals surface area contributed by atoms with Crippen molar-refractivity contribution in [1.29, 1.82) is 0 Å². The van der Waals surface area contributed by atoms with E-state index in [9.17, 15) is 9.59 Å². The molecule has 0 aliphatic carbocycles. The van der Waals surface area contributed by atoms with E-state index in [1.807, 2.05) is 13.8 Å². The molecule has 0 aromatic carbocycles. The van der Waals surface area contributed by atoms with Gasteiger partial charge >= 0.3 is 0 Å². The van der Waals surface area contributed by atoms with E-state index in [0.717, 1.165) is 19.4 Å². The van der Waals surface area contributed by atoms with Gasteiger partial charge in [-0.25, -0.2) is 4.98 Å². The third-order valence-electron chi connectivity index (χ3n) is 3.83. The van der Waals surface area contributed by atoms with Crippen molar-refractivity contribution < 1.29 is 14.3 Å². The summed E-state index contributed by atoms with van der Waals surface area (Å²) < 4.78 is 5.62. The molecule has 0 radical (unpaired) electrons. The van der Waals surface area contributed by atoms with Gasteiger partial charge in [0.15, 0.2) is 0 Å². The lowest BCUT2D eigenvalue weighted by molar-refractivity contribution is -0.121. The van der Waals surface area contributed by atoms with E-state index in [1.165, 1.54) is 18.6 Å². The van der Waals surface area contributed by atoms with Crippen molar-refractivity contribution in [3.63, 3.8) is 0 Å². The Bertz CT molecular complexity index is 530. The number of ether oxygens (including phenoxy) is 1. The number of carbonyl (C=O) groups excluding carboxylic acids is 2. The van der Waals surface area contributed by atoms with Crippen LogP contribution in [0.3, 0.4) is 0 Å². The molecule has 1 aliphatic heterocycles. The van der Waals surface area contributed by atoms with Gasteiger partial charge in [-0.3, -0.25) is 14.6 Å². The minimum atomic E-state index is -0.213. The maximum absolute atomic E-state index is 12.6. The highest BCUT2D eigenvalue weighted by Crippen LogP contribution is 2.15. The zero-order valence-electron chi connectivity index (χ0n) is 14.4. The van der Waals surface area contributed by atoms with E-state index in [-0.39, 0.29) is 30.0 Å². The smallest absolute Gasteiger partial charge is 0.274 e. The van der Waals surface area contributed by atoms with Crippen LogP contribution in [-0.2, 0) is 9.53 Å². The van der Waals surface area contributed by atoms with Crippen LogP contribution >= 0.6 is 0 Å². The van der Waals surface area contributed by atoms with Crippen molar-refractivity contribution in [2.45, 2.75) is 39.2 Å². The van der Waals surface area contributed by atoms with Crippen LogP contribution in [0.15, 0.2) is 18.6 Å². The van der Waals surface area contributed by atoms with E-state index in [1.54, 1.807) is 4.90 Å². The van der Waals surface area contributed by atoms with Crippen molar-refractivity contribution in [3.8, 4) is 0 Å². The van der Waals surface area contributed by atoms with E-state index < -0.39 is 0 Å². The first kappa shape index (κ1) is 18.3. The Morgan fingerprint density at radius 2 is 2.25 bits per heavy atom. The van der Waals surface area contributed by atoms with E-state index in [0.29, 0.717) is 25.6 Å². The van der Waals surface area contributed by atoms with Gasteiger partial charge in [0.05, 0.1) is 12.3 Å². The van der Waals surface area contributed by atoms with Gasteiger partial charge in [0.2, 0.25) is 5.91 Å². The molecule has 1 aliphatic rings. The predicted molar refractivity (Wildman–Crippen MR) is 89.4 cm³/mol. The van der Waals surface area contributed by atoms with Gasteiger partial charge in [-0.05, 0) is 18.8 Å². The highest BCUT2D eigenvalue weighted by molar-refractivity contribution is 5.92. The molecule has 7 heteroatoms. The average molecular weight is 334 g/mol. The fourth-order valence-electron chi connectivity index (χ4n) is 2.52. The molecule has 132 valence electrons. The highest BCUT2D eigenvalue weighted by Gasteiger charge is 2.24. The van der Waals surface area contributed by atoms with Gasteiger partial charge in [-0.15, -0.1) is 0 Å². The summed E-state index contributed by atoms with van der Waals surface area (Å²) in [4.78, 5) is 34.2. The monoisotopic (exact) mass is 334 g/mol. The molecular formula is C17H26N4O3. The second-order valence-electron chi connectivity index (χ2n) is 6.42. The molecule has 24 heavy (non-hydrogen) atoms. The highest BCUT2D eigenvalue weighted by atomic mass is 16.5. The SMILES string of the molecule is CC(C)CNC(=O)CCN(C[C@H]1CCCO1)C(=O)c1cnccn1. The van der Waals surface area contributed by atoms with Crippen molar-refractivity contribution in [3.05, 3.63) is 24.3 Å². The third kappa shape index (κ3) is 5.88. The fourth-order valence-corrected chi connectivity index (χ4v) is 2.52. The molecule has 2 rings (SSSR count). The molecule has 1 atom stereocenters. The Labute approximate surface area is 142 Å². The molecule has 2 amide bonds. The molecule has 1 fully saturated rings. The second kappa shape index (κ2) is 9.32. The quantitative estimate of drug-likeness (QED) is 0.774. The molecule has 0 saturated carbocycles. The Balaban J connectivity index is 1.94. The zero-order chi connectivity index (χ0) is 17.4. The second-order valence-corrected chi connectivity index (χ2v) is 6.42. The van der Waals surface area contributed by atoms with Gasteiger partial charge < -0.3 is 15.0 Å². The standard InChI is InChI=1S/C17H26N4O3/c1-13(2)10-20-16(22)5-8-21(12-14-4-3-9-24-14)17(23)15-11-18-6-7-19-15/h6-7,11,13-14H,3-5,8-10,12H2,1-2H3,(H,20,22)/t14-/m1/s1. The van der Waals surface area contributed by atoms with Crippen LogP contribution < -0.4 is 5.32 Å². The number of rotatable bonds is 8. The minimum Gasteiger partial charge on any atom is -0.376 e. The van der Waals surface area contributed by atoms with E-state index in [4.69, 9.17) is 4.74 Å². The summed E-state index contributed by atoms with van der Waals surface area (Å²) in [6.07, 6.45) is 6.71. The summed E-state index contributed by atoms with van der Waals surface area (Å²) in [5.41, 5.74) is 0.290. The number of amides is 2. The number of carbonyl (C=O) groups is 2. The Morgan fingerprint density at radius 3 is 2.88 bits per heavy atom. The Hall–Kier alpha value is -2.02. The van der Waals surface area contributed by atoms with Gasteiger partial charge in [-0.2, -0.15) is 0 Å². The number of nitrogens with one attached hydrogen (secondary N) is 1. The Kier molecular flexibility index (Phi) is 7.11. The van der Waals surface area contributed by atoms with Crippen LogP contribution in [-0.4, -0.2) is 59.0 Å². The summed E-state index contributed by atoms with van der Waals surface area (Å²) in [5.74, 6) is 0.140. The molecule has 0 bridgehead atoms. The molecule has 1 N–H and O–H groups in total. The molecule has 7 nitrogen and oxygen atoms in total.